The van der Waals surface area contributed by atoms with Crippen LogP contribution in [0.3, 0.4) is 0 Å². The van der Waals surface area contributed by atoms with Crippen LogP contribution < -0.4 is 21.2 Å². The molecule has 5 rings (SSSR count). The van der Waals surface area contributed by atoms with Crippen LogP contribution in [0.15, 0.2) is 115 Å². The molecule has 0 spiro atoms. The number of hydrogen-bond acceptors (Lipinski definition) is 1. The first-order chi connectivity index (χ1) is 20.1. The third-order valence-corrected chi connectivity index (χ3v) is 14.8. The van der Waals surface area contributed by atoms with E-state index >= 15 is 0 Å². The number of rotatable bonds is 8. The third kappa shape index (κ3) is 7.31. The third-order valence-electron chi connectivity index (χ3n) is 7.71. The molecular weight excluding hydrogens is 818 g/mol. The number of halogens is 4. The van der Waals surface area contributed by atoms with Crippen LogP contribution in [0.25, 0.3) is 0 Å². The van der Waals surface area contributed by atoms with E-state index in [0.29, 0.717) is 5.75 Å². The molecule has 0 saturated heterocycles. The van der Waals surface area contributed by atoms with Crippen LogP contribution in [0.2, 0.25) is 0 Å². The molecule has 0 fully saturated rings. The van der Waals surface area contributed by atoms with Gasteiger partial charge in [0.1, 0.15) is 5.75 Å². The summed E-state index contributed by atoms with van der Waals surface area (Å²) < 4.78 is 4.31. The van der Waals surface area contributed by atoms with Crippen molar-refractivity contribution in [2.45, 2.75) is 33.1 Å². The summed E-state index contributed by atoms with van der Waals surface area (Å²) >= 11 is 14.4. The Bertz CT molecular complexity index is 1470. The molecular formula is C35H30Br4OP2. The molecule has 0 atom stereocenters. The fourth-order valence-electron chi connectivity index (χ4n) is 5.25. The van der Waals surface area contributed by atoms with E-state index in [1.807, 2.05) is 0 Å². The fraction of sp³-hybridized carbons (Fsp3) is 0.143. The maximum atomic E-state index is 11.5. The lowest BCUT2D eigenvalue weighted by Crippen LogP contribution is -2.16. The second-order valence-electron chi connectivity index (χ2n) is 10.3. The lowest BCUT2D eigenvalue weighted by molar-refractivity contribution is 0.465. The zero-order chi connectivity index (χ0) is 30.0. The van der Waals surface area contributed by atoms with Gasteiger partial charge in [0.2, 0.25) is 0 Å². The van der Waals surface area contributed by atoms with Crippen molar-refractivity contribution in [3.63, 3.8) is 0 Å². The van der Waals surface area contributed by atoms with E-state index in [-0.39, 0.29) is 0 Å². The smallest absolute Gasteiger partial charge is 0.121 e. The van der Waals surface area contributed by atoms with Crippen molar-refractivity contribution in [3.05, 3.63) is 143 Å². The highest BCUT2D eigenvalue weighted by Gasteiger charge is 2.24. The Morgan fingerprint density at radius 3 is 0.905 bits per heavy atom. The van der Waals surface area contributed by atoms with Crippen molar-refractivity contribution in [2.75, 3.05) is 0 Å². The maximum absolute atomic E-state index is 11.5. The topological polar surface area (TPSA) is 20.2 Å². The number of aromatic hydroxyl groups is 1. The predicted octanol–water partition coefficient (Wildman–Crippen LogP) is 10.6. The van der Waals surface area contributed by atoms with Gasteiger partial charge < -0.3 is 5.11 Å². The molecule has 0 amide bonds. The van der Waals surface area contributed by atoms with Crippen LogP contribution in [-0.4, -0.2) is 5.11 Å². The van der Waals surface area contributed by atoms with Crippen LogP contribution in [0, 0.1) is 20.8 Å². The Labute approximate surface area is 285 Å². The van der Waals surface area contributed by atoms with Gasteiger partial charge >= 0.3 is 0 Å². The zero-order valence-corrected chi connectivity index (χ0v) is 31.6. The monoisotopic (exact) mass is 844 g/mol. The summed E-state index contributed by atoms with van der Waals surface area (Å²) in [5.74, 6) is 0.425. The molecule has 214 valence electrons. The average Bonchev–Trinajstić information content (AvgIpc) is 2.99. The minimum Gasteiger partial charge on any atom is -0.507 e. The van der Waals surface area contributed by atoms with E-state index in [1.165, 1.54) is 37.9 Å². The van der Waals surface area contributed by atoms with E-state index in [2.05, 4.69) is 182 Å². The number of phenolic OH excluding ortho intramolecular Hbond substituents is 1. The molecule has 0 heterocycles. The molecule has 0 radical (unpaired) electrons. The first kappa shape index (κ1) is 32.1. The van der Waals surface area contributed by atoms with Crippen molar-refractivity contribution < 1.29 is 5.11 Å². The van der Waals surface area contributed by atoms with Crippen molar-refractivity contribution in [1.82, 2.24) is 0 Å². The standard InChI is InChI=1S/C35H30Br4OP2/c1-22-33(20-41(29-12-4-25(36)5-13-29)30-14-6-26(37)7-15-30)23(2)35(40)24(3)34(22)21-42(31-16-8-27(38)9-17-31)32-18-10-28(39)11-19-32/h4-19,40H,20-21H2,1-3H3. The van der Waals surface area contributed by atoms with Crippen LogP contribution >= 0.6 is 79.6 Å². The molecule has 0 aliphatic rings. The summed E-state index contributed by atoms with van der Waals surface area (Å²) in [5.41, 5.74) is 5.80. The van der Waals surface area contributed by atoms with Gasteiger partial charge in [-0.15, -0.1) is 0 Å². The van der Waals surface area contributed by atoms with Crippen LogP contribution in [-0.2, 0) is 12.3 Å². The SMILES string of the molecule is Cc1c(O)c(C)c(CP(c2ccc(Br)cc2)c2ccc(Br)cc2)c(C)c1CP(c1ccc(Br)cc1)c1ccc(Br)cc1. The summed E-state index contributed by atoms with van der Waals surface area (Å²) in [4.78, 5) is 0. The van der Waals surface area contributed by atoms with Gasteiger partial charge in [0.15, 0.2) is 0 Å². The Hall–Kier alpha value is -1.32. The molecule has 0 bridgehead atoms. The molecule has 1 nitrogen and oxygen atoms in total. The second kappa shape index (κ2) is 14.2. The summed E-state index contributed by atoms with van der Waals surface area (Å²) in [7, 11) is -1.38. The highest BCUT2D eigenvalue weighted by molar-refractivity contribution is 9.11. The van der Waals surface area contributed by atoms with Gasteiger partial charge in [0.05, 0.1) is 0 Å². The van der Waals surface area contributed by atoms with E-state index < -0.39 is 15.8 Å². The first-order valence-electron chi connectivity index (χ1n) is 13.5. The maximum Gasteiger partial charge on any atom is 0.121 e. The van der Waals surface area contributed by atoms with Gasteiger partial charge in [-0.05, 0) is 134 Å². The molecule has 7 heteroatoms. The Morgan fingerprint density at radius 1 is 0.429 bits per heavy atom. The number of hydrogen-bond donors (Lipinski definition) is 1. The van der Waals surface area contributed by atoms with Crippen LogP contribution in [0.4, 0.5) is 0 Å². The van der Waals surface area contributed by atoms with Gasteiger partial charge in [-0.2, -0.15) is 0 Å². The van der Waals surface area contributed by atoms with E-state index in [9.17, 15) is 5.11 Å². The minimum absolute atomic E-state index is 0.425. The molecule has 0 aromatic heterocycles. The van der Waals surface area contributed by atoms with Gasteiger partial charge in [-0.3, -0.25) is 0 Å². The van der Waals surface area contributed by atoms with Crippen LogP contribution in [0.1, 0.15) is 27.8 Å². The molecule has 5 aromatic rings. The van der Waals surface area contributed by atoms with Gasteiger partial charge in [-0.25, -0.2) is 0 Å². The second-order valence-corrected chi connectivity index (χ2v) is 18.3. The Kier molecular flexibility index (Phi) is 10.8. The normalized spacial score (nSPS) is 11.5. The van der Waals surface area contributed by atoms with E-state index in [1.54, 1.807) is 0 Å². The molecule has 0 aliphatic heterocycles. The zero-order valence-electron chi connectivity index (χ0n) is 23.5. The van der Waals surface area contributed by atoms with Crippen molar-refractivity contribution in [1.29, 1.82) is 0 Å². The molecule has 42 heavy (non-hydrogen) atoms. The molecule has 0 aliphatic carbocycles. The number of phenols is 1. The summed E-state index contributed by atoms with van der Waals surface area (Å²) in [6, 6.07) is 34.9. The highest BCUT2D eigenvalue weighted by atomic mass is 79.9. The predicted molar refractivity (Wildman–Crippen MR) is 199 cm³/mol. The quantitative estimate of drug-likeness (QED) is 0.154. The largest absolute Gasteiger partial charge is 0.507 e. The van der Waals surface area contributed by atoms with Gasteiger partial charge in [0, 0.05) is 30.2 Å². The van der Waals surface area contributed by atoms with Crippen molar-refractivity contribution in [3.8, 4) is 5.75 Å². The van der Waals surface area contributed by atoms with Crippen LogP contribution in [0.5, 0.6) is 5.75 Å². The first-order valence-corrected chi connectivity index (χ1v) is 19.7. The summed E-state index contributed by atoms with van der Waals surface area (Å²) in [6.45, 7) is 6.42. The molecule has 1 N–H and O–H groups in total. The number of benzene rings is 5. The lowest BCUT2D eigenvalue weighted by Gasteiger charge is -2.27. The molecule has 0 saturated carbocycles. The Balaban J connectivity index is 1.61. The van der Waals surface area contributed by atoms with E-state index in [0.717, 1.165) is 41.3 Å². The highest BCUT2D eigenvalue weighted by Crippen LogP contribution is 2.47. The summed E-state index contributed by atoms with van der Waals surface area (Å²) in [5, 5.41) is 16.8. The van der Waals surface area contributed by atoms with Gasteiger partial charge in [-0.1, -0.05) is 112 Å². The van der Waals surface area contributed by atoms with Crippen molar-refractivity contribution >= 4 is 101 Å². The molecule has 0 unspecified atom stereocenters. The summed E-state index contributed by atoms with van der Waals surface area (Å²) in [6.07, 6.45) is 1.73. The lowest BCUT2D eigenvalue weighted by atomic mass is 9.94. The van der Waals surface area contributed by atoms with Gasteiger partial charge in [0.25, 0.3) is 0 Å². The minimum atomic E-state index is -0.692. The average molecular weight is 848 g/mol. The molecule has 5 aromatic carbocycles. The fourth-order valence-corrected chi connectivity index (χ4v) is 11.3. The van der Waals surface area contributed by atoms with Crippen molar-refractivity contribution in [2.24, 2.45) is 0 Å². The van der Waals surface area contributed by atoms with E-state index in [4.69, 9.17) is 0 Å². The Morgan fingerprint density at radius 2 is 0.667 bits per heavy atom.